The van der Waals surface area contributed by atoms with Crippen LogP contribution >= 0.6 is 0 Å². The molecule has 0 aromatic carbocycles. The van der Waals surface area contributed by atoms with Gasteiger partial charge in [0.25, 0.3) is 5.91 Å². The second-order valence-electron chi connectivity index (χ2n) is 4.64. The second-order valence-corrected chi connectivity index (χ2v) is 6.87. The van der Waals surface area contributed by atoms with E-state index in [2.05, 4.69) is 10.3 Å². The van der Waals surface area contributed by atoms with Crippen molar-refractivity contribution in [3.8, 4) is 0 Å². The second kappa shape index (κ2) is 5.58. The molecule has 108 valence electrons. The minimum Gasteiger partial charge on any atom is -0.477 e. The highest BCUT2D eigenvalue weighted by Gasteiger charge is 2.26. The third-order valence-electron chi connectivity index (χ3n) is 3.00. The molecular weight excluding hydrogens is 284 g/mol. The maximum Gasteiger partial charge on any atom is 0.354 e. The Kier molecular flexibility index (Phi) is 4.03. The maximum absolute atomic E-state index is 11.9. The Balaban J connectivity index is 2.08. The normalized spacial score (nSPS) is 21.1. The Morgan fingerprint density at radius 2 is 2.00 bits per heavy atom. The van der Waals surface area contributed by atoms with Gasteiger partial charge in [-0.05, 0) is 25.0 Å². The Morgan fingerprint density at radius 3 is 2.65 bits per heavy atom. The van der Waals surface area contributed by atoms with Crippen LogP contribution in [0.4, 0.5) is 0 Å². The van der Waals surface area contributed by atoms with Crippen molar-refractivity contribution in [2.24, 2.45) is 0 Å². The van der Waals surface area contributed by atoms with E-state index in [1.165, 1.54) is 18.2 Å². The van der Waals surface area contributed by atoms with Gasteiger partial charge in [0.1, 0.15) is 11.4 Å². The monoisotopic (exact) mass is 298 g/mol. The first-order valence-corrected chi connectivity index (χ1v) is 7.91. The van der Waals surface area contributed by atoms with Crippen molar-refractivity contribution >= 4 is 21.7 Å². The van der Waals surface area contributed by atoms with Gasteiger partial charge in [-0.2, -0.15) is 0 Å². The first kappa shape index (κ1) is 14.4. The lowest BCUT2D eigenvalue weighted by atomic mass is 10.2. The standard InChI is InChI=1S/C12H14N2O5S/c15-11(9-4-1-5-10(14-9)12(16)17)13-8-3-2-6-20(18,19)7-8/h1,4-5,8H,2-3,6-7H2,(H,13,15)(H,16,17)/t8-/m0/s1. The minimum absolute atomic E-state index is 0.0344. The molecule has 0 aliphatic carbocycles. The number of hydrogen-bond donors (Lipinski definition) is 2. The number of amides is 1. The van der Waals surface area contributed by atoms with Crippen molar-refractivity contribution in [1.29, 1.82) is 0 Å². The van der Waals surface area contributed by atoms with Crippen LogP contribution in [0.15, 0.2) is 18.2 Å². The van der Waals surface area contributed by atoms with Crippen LogP contribution < -0.4 is 5.32 Å². The molecule has 0 spiro atoms. The largest absolute Gasteiger partial charge is 0.477 e. The molecule has 1 saturated heterocycles. The highest BCUT2D eigenvalue weighted by atomic mass is 32.2. The lowest BCUT2D eigenvalue weighted by molar-refractivity contribution is 0.0690. The van der Waals surface area contributed by atoms with Crippen molar-refractivity contribution in [1.82, 2.24) is 10.3 Å². The van der Waals surface area contributed by atoms with Crippen LogP contribution in [-0.4, -0.2) is 47.9 Å². The number of hydrogen-bond acceptors (Lipinski definition) is 5. The lowest BCUT2D eigenvalue weighted by Crippen LogP contribution is -2.43. The van der Waals surface area contributed by atoms with Crippen LogP contribution in [0.2, 0.25) is 0 Å². The number of pyridine rings is 1. The Morgan fingerprint density at radius 1 is 1.30 bits per heavy atom. The summed E-state index contributed by atoms with van der Waals surface area (Å²) in [5.41, 5.74) is -0.262. The molecule has 2 rings (SSSR count). The Hall–Kier alpha value is -1.96. The number of carboxylic acid groups (broad SMARTS) is 1. The number of aromatic carboxylic acids is 1. The van der Waals surface area contributed by atoms with Crippen LogP contribution in [0.3, 0.4) is 0 Å². The molecule has 1 fully saturated rings. The van der Waals surface area contributed by atoms with Crippen molar-refractivity contribution in [3.05, 3.63) is 29.6 Å². The zero-order chi connectivity index (χ0) is 14.8. The van der Waals surface area contributed by atoms with Gasteiger partial charge in [-0.15, -0.1) is 0 Å². The molecule has 1 aliphatic rings. The molecule has 1 aromatic rings. The summed E-state index contributed by atoms with van der Waals surface area (Å²) in [7, 11) is -3.11. The molecule has 1 aromatic heterocycles. The molecule has 7 nitrogen and oxygen atoms in total. The number of carbonyl (C=O) groups is 2. The van der Waals surface area contributed by atoms with Crippen molar-refractivity contribution < 1.29 is 23.1 Å². The van der Waals surface area contributed by atoms with Crippen LogP contribution in [0, 0.1) is 0 Å². The zero-order valence-electron chi connectivity index (χ0n) is 10.6. The molecule has 0 saturated carbocycles. The summed E-state index contributed by atoms with van der Waals surface area (Å²) in [5.74, 6) is -1.72. The summed E-state index contributed by atoms with van der Waals surface area (Å²) in [5, 5.41) is 11.4. The fourth-order valence-electron chi connectivity index (χ4n) is 2.08. The highest BCUT2D eigenvalue weighted by Crippen LogP contribution is 2.12. The lowest BCUT2D eigenvalue weighted by Gasteiger charge is -2.22. The molecule has 1 aliphatic heterocycles. The van der Waals surface area contributed by atoms with Gasteiger partial charge in [0.2, 0.25) is 0 Å². The average molecular weight is 298 g/mol. The molecule has 0 bridgehead atoms. The van der Waals surface area contributed by atoms with E-state index in [1.807, 2.05) is 0 Å². The predicted octanol–water partition coefficient (Wildman–Crippen LogP) is 0.0868. The first-order valence-electron chi connectivity index (χ1n) is 6.09. The van der Waals surface area contributed by atoms with E-state index in [9.17, 15) is 18.0 Å². The number of carbonyl (C=O) groups excluding carboxylic acids is 1. The molecule has 0 unspecified atom stereocenters. The van der Waals surface area contributed by atoms with E-state index in [0.717, 1.165) is 0 Å². The molecule has 20 heavy (non-hydrogen) atoms. The summed E-state index contributed by atoms with van der Waals surface area (Å²) < 4.78 is 23.0. The Bertz CT molecular complexity index is 641. The van der Waals surface area contributed by atoms with Gasteiger partial charge in [-0.3, -0.25) is 4.79 Å². The van der Waals surface area contributed by atoms with Gasteiger partial charge in [0.05, 0.1) is 11.5 Å². The third-order valence-corrected chi connectivity index (χ3v) is 4.82. The SMILES string of the molecule is O=C(O)c1cccc(C(=O)N[C@H]2CCCS(=O)(=O)C2)n1. The predicted molar refractivity (Wildman–Crippen MR) is 70.3 cm³/mol. The van der Waals surface area contributed by atoms with Crippen LogP contribution in [0.25, 0.3) is 0 Å². The number of rotatable bonds is 3. The van der Waals surface area contributed by atoms with Crippen molar-refractivity contribution in [3.63, 3.8) is 0 Å². The van der Waals surface area contributed by atoms with Gasteiger partial charge < -0.3 is 10.4 Å². The van der Waals surface area contributed by atoms with Crippen LogP contribution in [0.1, 0.15) is 33.8 Å². The van der Waals surface area contributed by atoms with Crippen molar-refractivity contribution in [2.75, 3.05) is 11.5 Å². The van der Waals surface area contributed by atoms with Gasteiger partial charge >= 0.3 is 5.97 Å². The quantitative estimate of drug-likeness (QED) is 0.817. The van der Waals surface area contributed by atoms with Gasteiger partial charge in [-0.1, -0.05) is 6.07 Å². The molecule has 0 radical (unpaired) electrons. The Labute approximate surface area is 115 Å². The number of carboxylic acids is 1. The van der Waals surface area contributed by atoms with E-state index in [0.29, 0.717) is 12.8 Å². The maximum atomic E-state index is 11.9. The van der Waals surface area contributed by atoms with E-state index < -0.39 is 27.8 Å². The number of sulfone groups is 1. The number of nitrogens with zero attached hydrogens (tertiary/aromatic N) is 1. The topological polar surface area (TPSA) is 113 Å². The third kappa shape index (κ3) is 3.53. The first-order chi connectivity index (χ1) is 9.37. The highest BCUT2D eigenvalue weighted by molar-refractivity contribution is 7.91. The summed E-state index contributed by atoms with van der Waals surface area (Å²) >= 11 is 0. The van der Waals surface area contributed by atoms with E-state index in [1.54, 1.807) is 0 Å². The van der Waals surface area contributed by atoms with E-state index >= 15 is 0 Å². The van der Waals surface area contributed by atoms with E-state index in [4.69, 9.17) is 5.11 Å². The molecule has 1 atom stereocenters. The smallest absolute Gasteiger partial charge is 0.354 e. The molecular formula is C12H14N2O5S. The fraction of sp³-hybridized carbons (Fsp3) is 0.417. The summed E-state index contributed by atoms with van der Waals surface area (Å²) in [6.45, 7) is 0. The summed E-state index contributed by atoms with van der Waals surface area (Å²) in [6, 6.07) is 3.64. The molecule has 2 heterocycles. The van der Waals surface area contributed by atoms with Crippen molar-refractivity contribution in [2.45, 2.75) is 18.9 Å². The zero-order valence-corrected chi connectivity index (χ0v) is 11.4. The minimum atomic E-state index is -3.11. The number of nitrogens with one attached hydrogen (secondary N) is 1. The molecule has 8 heteroatoms. The summed E-state index contributed by atoms with van der Waals surface area (Å²) in [6.07, 6.45) is 1.10. The van der Waals surface area contributed by atoms with Gasteiger partial charge in [-0.25, -0.2) is 18.2 Å². The van der Waals surface area contributed by atoms with E-state index in [-0.39, 0.29) is 22.9 Å². The van der Waals surface area contributed by atoms with Gasteiger partial charge in [0, 0.05) is 6.04 Å². The number of aromatic nitrogens is 1. The summed E-state index contributed by atoms with van der Waals surface area (Å²) in [4.78, 5) is 26.4. The average Bonchev–Trinajstić information content (AvgIpc) is 2.37. The molecule has 1 amide bonds. The molecule has 2 N–H and O–H groups in total. The van der Waals surface area contributed by atoms with Crippen LogP contribution in [-0.2, 0) is 9.84 Å². The van der Waals surface area contributed by atoms with Gasteiger partial charge in [0.15, 0.2) is 9.84 Å². The fourth-order valence-corrected chi connectivity index (χ4v) is 3.71. The van der Waals surface area contributed by atoms with Crippen LogP contribution in [0.5, 0.6) is 0 Å².